The predicted molar refractivity (Wildman–Crippen MR) is 132 cm³/mol. The molecule has 0 spiro atoms. The maximum atomic E-state index is 12.3. The Balaban J connectivity index is 1.26. The maximum absolute atomic E-state index is 12.3. The molecule has 0 radical (unpaired) electrons. The smallest absolute Gasteiger partial charge is 0.280 e. The minimum absolute atomic E-state index is 0.331. The van der Waals surface area contributed by atoms with Gasteiger partial charge < -0.3 is 9.47 Å². The number of ether oxygens (including phenoxy) is 2. The number of rotatable bonds is 8. The third kappa shape index (κ3) is 6.34. The molecule has 0 saturated carbocycles. The van der Waals surface area contributed by atoms with E-state index in [0.29, 0.717) is 17.4 Å². The standard InChI is InChI=1S/C27H23ClN2O3/c1-19(33-26-15-10-22-4-2-3-5-23(22)16-26)27(31)30-29-17-20-8-13-25(14-9-20)32-18-21-6-11-24(28)12-7-21/h2-17,19H,18H2,1H3,(H,30,31). The first-order valence-corrected chi connectivity index (χ1v) is 10.9. The minimum Gasteiger partial charge on any atom is -0.489 e. The first-order valence-electron chi connectivity index (χ1n) is 10.5. The number of carbonyl (C=O) groups excluding carboxylic acids is 1. The average Bonchev–Trinajstić information content (AvgIpc) is 2.84. The van der Waals surface area contributed by atoms with Crippen molar-refractivity contribution in [2.45, 2.75) is 19.6 Å². The normalized spacial score (nSPS) is 11.9. The molecule has 5 nitrogen and oxygen atoms in total. The molecule has 0 aliphatic rings. The van der Waals surface area contributed by atoms with Gasteiger partial charge in [0.2, 0.25) is 0 Å². The number of hydrazone groups is 1. The van der Waals surface area contributed by atoms with E-state index < -0.39 is 6.10 Å². The molecule has 4 rings (SSSR count). The van der Waals surface area contributed by atoms with Crippen molar-refractivity contribution in [2.75, 3.05) is 0 Å². The number of hydrogen-bond acceptors (Lipinski definition) is 4. The highest BCUT2D eigenvalue weighted by molar-refractivity contribution is 6.30. The highest BCUT2D eigenvalue weighted by Gasteiger charge is 2.14. The van der Waals surface area contributed by atoms with Crippen LogP contribution in [0, 0.1) is 0 Å². The molecule has 33 heavy (non-hydrogen) atoms. The zero-order valence-electron chi connectivity index (χ0n) is 18.1. The van der Waals surface area contributed by atoms with E-state index in [9.17, 15) is 4.79 Å². The van der Waals surface area contributed by atoms with Crippen LogP contribution in [0.25, 0.3) is 10.8 Å². The lowest BCUT2D eigenvalue weighted by molar-refractivity contribution is -0.127. The van der Waals surface area contributed by atoms with Gasteiger partial charge in [0.25, 0.3) is 5.91 Å². The summed E-state index contributed by atoms with van der Waals surface area (Å²) < 4.78 is 11.5. The largest absolute Gasteiger partial charge is 0.489 e. The van der Waals surface area contributed by atoms with Crippen LogP contribution in [0.1, 0.15) is 18.1 Å². The summed E-state index contributed by atoms with van der Waals surface area (Å²) in [5.41, 5.74) is 4.38. The van der Waals surface area contributed by atoms with Crippen LogP contribution in [0.4, 0.5) is 0 Å². The summed E-state index contributed by atoms with van der Waals surface area (Å²) >= 11 is 5.89. The van der Waals surface area contributed by atoms with Gasteiger partial charge in [-0.1, -0.05) is 54.1 Å². The molecule has 0 aliphatic carbocycles. The Morgan fingerprint density at radius 3 is 2.39 bits per heavy atom. The van der Waals surface area contributed by atoms with Gasteiger partial charge in [-0.25, -0.2) is 5.43 Å². The molecule has 0 bridgehead atoms. The van der Waals surface area contributed by atoms with Crippen molar-refractivity contribution in [3.05, 3.63) is 107 Å². The van der Waals surface area contributed by atoms with E-state index in [1.54, 1.807) is 13.1 Å². The number of halogens is 1. The quantitative estimate of drug-likeness (QED) is 0.260. The topological polar surface area (TPSA) is 59.9 Å². The van der Waals surface area contributed by atoms with Crippen LogP contribution >= 0.6 is 11.6 Å². The van der Waals surface area contributed by atoms with Crippen LogP contribution < -0.4 is 14.9 Å². The maximum Gasteiger partial charge on any atom is 0.280 e. The zero-order chi connectivity index (χ0) is 23.0. The van der Waals surface area contributed by atoms with Crippen LogP contribution in [0.3, 0.4) is 0 Å². The second-order valence-electron chi connectivity index (χ2n) is 7.49. The third-order valence-corrected chi connectivity index (χ3v) is 5.24. The second kappa shape index (κ2) is 10.7. The van der Waals surface area contributed by atoms with E-state index in [1.807, 2.05) is 91.0 Å². The van der Waals surface area contributed by atoms with E-state index in [4.69, 9.17) is 21.1 Å². The number of amides is 1. The lowest BCUT2D eigenvalue weighted by atomic mass is 10.1. The van der Waals surface area contributed by atoms with E-state index in [-0.39, 0.29) is 5.91 Å². The Labute approximate surface area is 197 Å². The van der Waals surface area contributed by atoms with E-state index in [0.717, 1.165) is 27.6 Å². The molecule has 1 amide bonds. The van der Waals surface area contributed by atoms with E-state index in [1.165, 1.54) is 0 Å². The fourth-order valence-corrected chi connectivity index (χ4v) is 3.28. The molecule has 4 aromatic carbocycles. The number of hydrogen-bond donors (Lipinski definition) is 1. The van der Waals surface area contributed by atoms with E-state index >= 15 is 0 Å². The molecule has 0 saturated heterocycles. The number of fused-ring (bicyclic) bond motifs is 1. The molecular formula is C27H23ClN2O3. The van der Waals surface area contributed by atoms with Crippen LogP contribution in [0.5, 0.6) is 11.5 Å². The van der Waals surface area contributed by atoms with Crippen LogP contribution in [-0.2, 0) is 11.4 Å². The molecule has 0 aliphatic heterocycles. The van der Waals surface area contributed by atoms with Crippen molar-refractivity contribution in [1.82, 2.24) is 5.43 Å². The van der Waals surface area contributed by atoms with Gasteiger partial charge in [0.1, 0.15) is 18.1 Å². The van der Waals surface area contributed by atoms with Crippen molar-refractivity contribution >= 4 is 34.5 Å². The summed E-state index contributed by atoms with van der Waals surface area (Å²) in [6, 6.07) is 28.7. The Bertz CT molecular complexity index is 1250. The molecule has 1 unspecified atom stereocenters. The van der Waals surface area contributed by atoms with Gasteiger partial charge in [-0.05, 0) is 77.4 Å². The van der Waals surface area contributed by atoms with Gasteiger partial charge >= 0.3 is 0 Å². The average molecular weight is 459 g/mol. The monoisotopic (exact) mass is 458 g/mol. The fraction of sp³-hybridized carbons (Fsp3) is 0.111. The summed E-state index contributed by atoms with van der Waals surface area (Å²) in [6.07, 6.45) is 0.885. The summed E-state index contributed by atoms with van der Waals surface area (Å²) in [4.78, 5) is 12.3. The summed E-state index contributed by atoms with van der Waals surface area (Å²) in [6.45, 7) is 2.14. The Morgan fingerprint density at radius 2 is 1.64 bits per heavy atom. The highest BCUT2D eigenvalue weighted by Crippen LogP contribution is 2.21. The molecule has 1 atom stereocenters. The van der Waals surface area contributed by atoms with Gasteiger partial charge in [0, 0.05) is 5.02 Å². The molecule has 6 heteroatoms. The number of nitrogens with zero attached hydrogens (tertiary/aromatic N) is 1. The molecule has 1 N–H and O–H groups in total. The Morgan fingerprint density at radius 1 is 0.939 bits per heavy atom. The van der Waals surface area contributed by atoms with Gasteiger partial charge in [0.05, 0.1) is 6.21 Å². The van der Waals surface area contributed by atoms with Crippen LogP contribution in [0.2, 0.25) is 5.02 Å². The minimum atomic E-state index is -0.688. The second-order valence-corrected chi connectivity index (χ2v) is 7.92. The molecule has 166 valence electrons. The number of nitrogens with one attached hydrogen (secondary N) is 1. The van der Waals surface area contributed by atoms with Gasteiger partial charge in [-0.2, -0.15) is 5.10 Å². The lowest BCUT2D eigenvalue weighted by Gasteiger charge is -2.13. The van der Waals surface area contributed by atoms with E-state index in [2.05, 4.69) is 10.5 Å². The molecule has 0 heterocycles. The van der Waals surface area contributed by atoms with Gasteiger partial charge in [-0.15, -0.1) is 0 Å². The molecule has 4 aromatic rings. The van der Waals surface area contributed by atoms with Crippen LogP contribution in [0.15, 0.2) is 96.1 Å². The van der Waals surface area contributed by atoms with Crippen molar-refractivity contribution in [1.29, 1.82) is 0 Å². The lowest BCUT2D eigenvalue weighted by Crippen LogP contribution is -2.33. The molecule has 0 aromatic heterocycles. The fourth-order valence-electron chi connectivity index (χ4n) is 3.16. The molecule has 0 fully saturated rings. The summed E-state index contributed by atoms with van der Waals surface area (Å²) in [5, 5.41) is 6.90. The van der Waals surface area contributed by atoms with Crippen molar-refractivity contribution in [3.63, 3.8) is 0 Å². The van der Waals surface area contributed by atoms with Gasteiger partial charge in [0.15, 0.2) is 6.10 Å². The predicted octanol–water partition coefficient (Wildman–Crippen LogP) is 5.99. The van der Waals surface area contributed by atoms with Gasteiger partial charge in [-0.3, -0.25) is 4.79 Å². The van der Waals surface area contributed by atoms with Crippen molar-refractivity contribution in [3.8, 4) is 11.5 Å². The first-order chi connectivity index (χ1) is 16.1. The Hall–Kier alpha value is -3.83. The summed E-state index contributed by atoms with van der Waals surface area (Å²) in [7, 11) is 0. The zero-order valence-corrected chi connectivity index (χ0v) is 18.8. The number of carbonyl (C=O) groups is 1. The first kappa shape index (κ1) is 22.4. The Kier molecular flexibility index (Phi) is 7.22. The number of benzene rings is 4. The SMILES string of the molecule is CC(Oc1ccc2ccccc2c1)C(=O)NN=Cc1ccc(OCc2ccc(Cl)cc2)cc1. The highest BCUT2D eigenvalue weighted by atomic mass is 35.5. The molecular weight excluding hydrogens is 436 g/mol. The van der Waals surface area contributed by atoms with Crippen molar-refractivity contribution < 1.29 is 14.3 Å². The summed E-state index contributed by atoms with van der Waals surface area (Å²) in [5.74, 6) is 1.04. The van der Waals surface area contributed by atoms with Crippen LogP contribution in [-0.4, -0.2) is 18.2 Å². The third-order valence-electron chi connectivity index (χ3n) is 4.99. The van der Waals surface area contributed by atoms with Crippen molar-refractivity contribution in [2.24, 2.45) is 5.10 Å².